The number of hydrogen-bond donors (Lipinski definition) is 1. The van der Waals surface area contributed by atoms with E-state index in [0.717, 1.165) is 30.6 Å². The van der Waals surface area contributed by atoms with Crippen molar-refractivity contribution in [3.63, 3.8) is 0 Å². The SMILES string of the molecule is C[C@@]1(c2ccc3c(c2)OCO3)NC(=O)N(CC(=O)N(C2CCCC2)[C@H]2CCS(=O)(=O)C2)C1=O. The molecule has 4 amide bonds. The Morgan fingerprint density at radius 3 is 2.58 bits per heavy atom. The molecule has 1 aromatic carbocycles. The van der Waals surface area contributed by atoms with Gasteiger partial charge in [-0.25, -0.2) is 13.2 Å². The van der Waals surface area contributed by atoms with E-state index in [-0.39, 0.29) is 30.2 Å². The van der Waals surface area contributed by atoms with Crippen LogP contribution in [0.5, 0.6) is 11.5 Å². The molecule has 1 aliphatic carbocycles. The molecule has 0 radical (unpaired) electrons. The third-order valence-corrected chi connectivity index (χ3v) is 8.88. The summed E-state index contributed by atoms with van der Waals surface area (Å²) in [5, 5.41) is 2.71. The molecule has 3 aliphatic heterocycles. The molecule has 0 spiro atoms. The summed E-state index contributed by atoms with van der Waals surface area (Å²) in [7, 11) is -3.19. The summed E-state index contributed by atoms with van der Waals surface area (Å²) in [6.45, 7) is 1.26. The van der Waals surface area contributed by atoms with E-state index in [1.165, 1.54) is 0 Å². The number of sulfone groups is 1. The summed E-state index contributed by atoms with van der Waals surface area (Å²) >= 11 is 0. The highest BCUT2D eigenvalue weighted by molar-refractivity contribution is 7.91. The number of carbonyl (C=O) groups excluding carboxylic acids is 3. The first-order valence-corrected chi connectivity index (χ1v) is 13.1. The van der Waals surface area contributed by atoms with E-state index in [2.05, 4.69) is 5.32 Å². The van der Waals surface area contributed by atoms with Crippen molar-refractivity contribution in [2.24, 2.45) is 0 Å². The monoisotopic (exact) mass is 477 g/mol. The van der Waals surface area contributed by atoms with Crippen LogP contribution in [0.2, 0.25) is 0 Å². The van der Waals surface area contributed by atoms with E-state index in [0.29, 0.717) is 23.5 Å². The third-order valence-electron chi connectivity index (χ3n) is 7.13. The molecule has 3 heterocycles. The summed E-state index contributed by atoms with van der Waals surface area (Å²) in [6.07, 6.45) is 3.94. The van der Waals surface area contributed by atoms with Crippen molar-refractivity contribution in [2.75, 3.05) is 24.8 Å². The van der Waals surface area contributed by atoms with Gasteiger partial charge in [0.2, 0.25) is 12.7 Å². The van der Waals surface area contributed by atoms with E-state index in [9.17, 15) is 22.8 Å². The van der Waals surface area contributed by atoms with Crippen molar-refractivity contribution in [2.45, 2.75) is 56.7 Å². The van der Waals surface area contributed by atoms with Crippen LogP contribution in [0, 0.1) is 0 Å². The Labute approximate surface area is 192 Å². The van der Waals surface area contributed by atoms with Gasteiger partial charge in [0.25, 0.3) is 5.91 Å². The molecule has 1 N–H and O–H groups in total. The van der Waals surface area contributed by atoms with Crippen LogP contribution in [0.1, 0.15) is 44.6 Å². The van der Waals surface area contributed by atoms with Crippen LogP contribution in [-0.4, -0.2) is 73.0 Å². The second-order valence-electron chi connectivity index (χ2n) is 9.31. The van der Waals surface area contributed by atoms with Crippen molar-refractivity contribution in [3.8, 4) is 11.5 Å². The Kier molecular flexibility index (Phi) is 5.26. The van der Waals surface area contributed by atoms with E-state index >= 15 is 0 Å². The predicted octanol–water partition coefficient (Wildman–Crippen LogP) is 1.14. The number of nitrogens with zero attached hydrogens (tertiary/aromatic N) is 2. The smallest absolute Gasteiger partial charge is 0.325 e. The van der Waals surface area contributed by atoms with Gasteiger partial charge in [0, 0.05) is 12.1 Å². The molecule has 0 aromatic heterocycles. The average molecular weight is 478 g/mol. The first-order chi connectivity index (χ1) is 15.7. The molecular formula is C22H27N3O7S. The van der Waals surface area contributed by atoms with Crippen molar-refractivity contribution in [1.82, 2.24) is 15.1 Å². The summed E-state index contributed by atoms with van der Waals surface area (Å²) in [4.78, 5) is 42.1. The maximum Gasteiger partial charge on any atom is 0.325 e. The molecule has 2 atom stereocenters. The fraction of sp³-hybridized carbons (Fsp3) is 0.591. The van der Waals surface area contributed by atoms with Crippen LogP contribution in [0.25, 0.3) is 0 Å². The molecule has 5 rings (SSSR count). The van der Waals surface area contributed by atoms with Gasteiger partial charge in [-0.15, -0.1) is 0 Å². The van der Waals surface area contributed by atoms with Gasteiger partial charge in [-0.2, -0.15) is 0 Å². The summed E-state index contributed by atoms with van der Waals surface area (Å²) in [5.74, 6) is 0.113. The zero-order valence-corrected chi connectivity index (χ0v) is 19.2. The lowest BCUT2D eigenvalue weighted by Crippen LogP contribution is -2.51. The molecule has 4 aliphatic rings. The molecule has 3 fully saturated rings. The van der Waals surface area contributed by atoms with Gasteiger partial charge in [-0.05, 0) is 43.9 Å². The standard InChI is InChI=1S/C22H27N3O7S/c1-22(14-6-7-17-18(10-14)32-13-31-17)20(27)24(21(28)23-22)11-19(26)25(15-4-2-3-5-15)16-8-9-33(29,30)12-16/h6-7,10,15-16H,2-5,8-9,11-13H2,1H3,(H,23,28)/t16-,22-/m0/s1. The van der Waals surface area contributed by atoms with Crippen LogP contribution in [-0.2, 0) is 25.0 Å². The van der Waals surface area contributed by atoms with Gasteiger partial charge < -0.3 is 19.7 Å². The number of carbonyl (C=O) groups is 3. The topological polar surface area (TPSA) is 122 Å². The van der Waals surface area contributed by atoms with Gasteiger partial charge in [-0.3, -0.25) is 14.5 Å². The Morgan fingerprint density at radius 1 is 1.15 bits per heavy atom. The van der Waals surface area contributed by atoms with Crippen molar-refractivity contribution in [1.29, 1.82) is 0 Å². The number of ether oxygens (including phenoxy) is 2. The highest BCUT2D eigenvalue weighted by Crippen LogP contribution is 2.38. The quantitative estimate of drug-likeness (QED) is 0.631. The van der Waals surface area contributed by atoms with Gasteiger partial charge in [0.05, 0.1) is 11.5 Å². The molecule has 0 bridgehead atoms. The second kappa shape index (κ2) is 7.89. The first-order valence-electron chi connectivity index (χ1n) is 11.2. The number of amides is 4. The first kappa shape index (κ1) is 22.0. The Bertz CT molecular complexity index is 1110. The molecule has 1 saturated carbocycles. The second-order valence-corrected chi connectivity index (χ2v) is 11.5. The highest BCUT2D eigenvalue weighted by atomic mass is 32.2. The molecule has 10 nitrogen and oxygen atoms in total. The number of imide groups is 1. The fourth-order valence-corrected chi connectivity index (χ4v) is 7.05. The van der Waals surface area contributed by atoms with Gasteiger partial charge in [0.15, 0.2) is 21.3 Å². The number of urea groups is 1. The zero-order valence-electron chi connectivity index (χ0n) is 18.4. The minimum atomic E-state index is -3.19. The van der Waals surface area contributed by atoms with Gasteiger partial charge in [0.1, 0.15) is 12.1 Å². The molecule has 11 heteroatoms. The Hall–Kier alpha value is -2.82. The number of benzene rings is 1. The van der Waals surface area contributed by atoms with Crippen LogP contribution < -0.4 is 14.8 Å². The van der Waals surface area contributed by atoms with E-state index in [1.807, 2.05) is 0 Å². The number of fused-ring (bicyclic) bond motifs is 1. The zero-order chi connectivity index (χ0) is 23.4. The molecule has 1 aromatic rings. The minimum Gasteiger partial charge on any atom is -0.454 e. The maximum absolute atomic E-state index is 13.4. The summed E-state index contributed by atoms with van der Waals surface area (Å²) in [6, 6.07) is 3.89. The third kappa shape index (κ3) is 3.81. The van der Waals surface area contributed by atoms with Crippen molar-refractivity contribution >= 4 is 27.7 Å². The number of nitrogens with one attached hydrogen (secondary N) is 1. The predicted molar refractivity (Wildman–Crippen MR) is 116 cm³/mol. The molecular weight excluding hydrogens is 450 g/mol. The summed E-state index contributed by atoms with van der Waals surface area (Å²) in [5.41, 5.74) is -0.831. The average Bonchev–Trinajstić information content (AvgIpc) is 3.54. The Morgan fingerprint density at radius 2 is 1.88 bits per heavy atom. The largest absolute Gasteiger partial charge is 0.454 e. The number of hydrogen-bond acceptors (Lipinski definition) is 7. The van der Waals surface area contributed by atoms with Crippen LogP contribution >= 0.6 is 0 Å². The maximum atomic E-state index is 13.4. The molecule has 178 valence electrons. The normalized spacial score (nSPS) is 28.4. The molecule has 2 saturated heterocycles. The minimum absolute atomic E-state index is 0.0550. The van der Waals surface area contributed by atoms with E-state index in [4.69, 9.17) is 9.47 Å². The van der Waals surface area contributed by atoms with Gasteiger partial charge >= 0.3 is 6.03 Å². The molecule has 0 unspecified atom stereocenters. The summed E-state index contributed by atoms with van der Waals surface area (Å²) < 4.78 is 34.8. The van der Waals surface area contributed by atoms with Crippen molar-refractivity contribution in [3.05, 3.63) is 23.8 Å². The van der Waals surface area contributed by atoms with Crippen LogP contribution in [0.15, 0.2) is 18.2 Å². The van der Waals surface area contributed by atoms with Crippen LogP contribution in [0.3, 0.4) is 0 Å². The number of rotatable bonds is 5. The van der Waals surface area contributed by atoms with Crippen molar-refractivity contribution < 1.29 is 32.3 Å². The highest BCUT2D eigenvalue weighted by Gasteiger charge is 2.51. The lowest BCUT2D eigenvalue weighted by Gasteiger charge is -2.35. The van der Waals surface area contributed by atoms with Crippen LogP contribution in [0.4, 0.5) is 4.79 Å². The molecule has 33 heavy (non-hydrogen) atoms. The van der Waals surface area contributed by atoms with Gasteiger partial charge in [-0.1, -0.05) is 18.9 Å². The Balaban J connectivity index is 1.37. The van der Waals surface area contributed by atoms with E-state index in [1.54, 1.807) is 30.0 Å². The lowest BCUT2D eigenvalue weighted by atomic mass is 9.91. The fourth-order valence-electron chi connectivity index (χ4n) is 5.34. The van der Waals surface area contributed by atoms with E-state index < -0.39 is 39.9 Å². The lowest BCUT2D eigenvalue weighted by molar-refractivity contribution is -0.141.